The molecule has 0 aromatic heterocycles. The van der Waals surface area contributed by atoms with Crippen molar-refractivity contribution in [2.24, 2.45) is 0 Å². The van der Waals surface area contributed by atoms with Crippen LogP contribution in [0.2, 0.25) is 0 Å². The second kappa shape index (κ2) is 5.27. The van der Waals surface area contributed by atoms with Crippen LogP contribution in [0.25, 0.3) is 5.57 Å². The number of hydrogen-bond acceptors (Lipinski definition) is 0. The highest BCUT2D eigenvalue weighted by Gasteiger charge is 2.18. The van der Waals surface area contributed by atoms with Crippen LogP contribution in [-0.2, 0) is 0 Å². The summed E-state index contributed by atoms with van der Waals surface area (Å²) in [5.74, 6) is 0.515. The van der Waals surface area contributed by atoms with Crippen LogP contribution >= 0.6 is 0 Å². The van der Waals surface area contributed by atoms with Crippen LogP contribution in [0, 0.1) is 0 Å². The van der Waals surface area contributed by atoms with Gasteiger partial charge >= 0.3 is 0 Å². The molecule has 0 spiro atoms. The summed E-state index contributed by atoms with van der Waals surface area (Å²) in [4.78, 5) is 0. The fourth-order valence-corrected chi connectivity index (χ4v) is 2.83. The highest BCUT2D eigenvalue weighted by atomic mass is 14.2. The summed E-state index contributed by atoms with van der Waals surface area (Å²) >= 11 is 0. The Morgan fingerprint density at radius 1 is 0.842 bits per heavy atom. The predicted molar refractivity (Wildman–Crippen MR) is 82.0 cm³/mol. The molecule has 0 fully saturated rings. The quantitative estimate of drug-likeness (QED) is 0.683. The Labute approximate surface area is 115 Å². The Morgan fingerprint density at radius 3 is 2.16 bits per heavy atom. The summed E-state index contributed by atoms with van der Waals surface area (Å²) in [6, 6.07) is 21.5. The van der Waals surface area contributed by atoms with Gasteiger partial charge in [0.2, 0.25) is 0 Å². The van der Waals surface area contributed by atoms with Crippen LogP contribution < -0.4 is 0 Å². The zero-order chi connectivity index (χ0) is 13.1. The lowest BCUT2D eigenvalue weighted by Gasteiger charge is -2.23. The molecule has 0 saturated carbocycles. The van der Waals surface area contributed by atoms with Crippen molar-refractivity contribution in [3.63, 3.8) is 0 Å². The standard InChI is InChI=1S/C19H18/c1-15-18(16-9-4-2-5-10-16)13-8-14-19(15)17-11-6-3-7-12-17/h2-13,19H,14H2,1H3. The highest BCUT2D eigenvalue weighted by molar-refractivity contribution is 5.78. The second-order valence-electron chi connectivity index (χ2n) is 5.06. The summed E-state index contributed by atoms with van der Waals surface area (Å²) in [6.07, 6.45) is 5.67. The van der Waals surface area contributed by atoms with Crippen molar-refractivity contribution in [2.75, 3.05) is 0 Å². The molecule has 0 amide bonds. The van der Waals surface area contributed by atoms with E-state index in [0.29, 0.717) is 5.92 Å². The molecule has 19 heavy (non-hydrogen) atoms. The van der Waals surface area contributed by atoms with E-state index in [4.69, 9.17) is 0 Å². The monoisotopic (exact) mass is 246 g/mol. The number of hydrogen-bond donors (Lipinski definition) is 0. The first-order valence-electron chi connectivity index (χ1n) is 6.84. The molecule has 0 nitrogen and oxygen atoms in total. The van der Waals surface area contributed by atoms with Crippen molar-refractivity contribution in [3.8, 4) is 0 Å². The van der Waals surface area contributed by atoms with Crippen LogP contribution in [0.4, 0.5) is 0 Å². The Bertz CT molecular complexity index is 603. The summed E-state index contributed by atoms with van der Waals surface area (Å²) in [6.45, 7) is 2.27. The molecular weight excluding hydrogens is 228 g/mol. The maximum absolute atomic E-state index is 2.30. The van der Waals surface area contributed by atoms with Gasteiger partial charge in [0.15, 0.2) is 0 Å². The molecule has 94 valence electrons. The molecule has 0 N–H and O–H groups in total. The van der Waals surface area contributed by atoms with E-state index in [1.165, 1.54) is 22.3 Å². The Balaban J connectivity index is 2.03. The van der Waals surface area contributed by atoms with Gasteiger partial charge in [-0.15, -0.1) is 0 Å². The lowest BCUT2D eigenvalue weighted by atomic mass is 9.81. The largest absolute Gasteiger partial charge is 0.0830 e. The van der Waals surface area contributed by atoms with Gasteiger partial charge in [0.25, 0.3) is 0 Å². The van der Waals surface area contributed by atoms with E-state index in [-0.39, 0.29) is 0 Å². The van der Waals surface area contributed by atoms with Gasteiger partial charge in [-0.1, -0.05) is 78.4 Å². The molecule has 0 heterocycles. The van der Waals surface area contributed by atoms with Crippen molar-refractivity contribution < 1.29 is 0 Å². The molecule has 1 aliphatic rings. The van der Waals surface area contributed by atoms with Crippen LogP contribution in [0.5, 0.6) is 0 Å². The highest BCUT2D eigenvalue weighted by Crippen LogP contribution is 2.37. The SMILES string of the molecule is CC1=C(c2ccccc2)C=CCC1c1ccccc1. The number of benzene rings is 2. The van der Waals surface area contributed by atoms with E-state index in [9.17, 15) is 0 Å². The molecule has 0 bridgehead atoms. The third kappa shape index (κ3) is 2.39. The van der Waals surface area contributed by atoms with Gasteiger partial charge in [0.1, 0.15) is 0 Å². The van der Waals surface area contributed by atoms with E-state index in [1.807, 2.05) is 0 Å². The first-order valence-corrected chi connectivity index (χ1v) is 6.84. The third-order valence-corrected chi connectivity index (χ3v) is 3.89. The van der Waals surface area contributed by atoms with Crippen LogP contribution in [0.3, 0.4) is 0 Å². The Morgan fingerprint density at radius 2 is 1.47 bits per heavy atom. The molecular formula is C19H18. The van der Waals surface area contributed by atoms with Crippen molar-refractivity contribution in [1.29, 1.82) is 0 Å². The van der Waals surface area contributed by atoms with Crippen molar-refractivity contribution in [1.82, 2.24) is 0 Å². The minimum Gasteiger partial charge on any atom is -0.0830 e. The first-order chi connectivity index (χ1) is 9.36. The van der Waals surface area contributed by atoms with Gasteiger partial charge in [0, 0.05) is 5.92 Å². The summed E-state index contributed by atoms with van der Waals surface area (Å²) in [5, 5.41) is 0. The lowest BCUT2D eigenvalue weighted by molar-refractivity contribution is 0.802. The van der Waals surface area contributed by atoms with Gasteiger partial charge < -0.3 is 0 Å². The van der Waals surface area contributed by atoms with E-state index < -0.39 is 0 Å². The molecule has 0 heteroatoms. The van der Waals surface area contributed by atoms with Crippen LogP contribution in [-0.4, -0.2) is 0 Å². The van der Waals surface area contributed by atoms with Gasteiger partial charge in [0.05, 0.1) is 0 Å². The van der Waals surface area contributed by atoms with Crippen LogP contribution in [0.1, 0.15) is 30.4 Å². The maximum Gasteiger partial charge on any atom is 0.00892 e. The van der Waals surface area contributed by atoms with E-state index in [0.717, 1.165) is 6.42 Å². The molecule has 3 rings (SSSR count). The normalized spacial score (nSPS) is 18.7. The van der Waals surface area contributed by atoms with Gasteiger partial charge in [-0.25, -0.2) is 0 Å². The molecule has 0 radical (unpaired) electrons. The number of rotatable bonds is 2. The predicted octanol–water partition coefficient (Wildman–Crippen LogP) is 5.20. The molecule has 1 atom stereocenters. The average molecular weight is 246 g/mol. The molecule has 1 unspecified atom stereocenters. The van der Waals surface area contributed by atoms with Gasteiger partial charge in [-0.05, 0) is 30.0 Å². The van der Waals surface area contributed by atoms with Crippen molar-refractivity contribution in [3.05, 3.63) is 89.5 Å². The zero-order valence-corrected chi connectivity index (χ0v) is 11.2. The number of allylic oxidation sites excluding steroid dienone is 4. The molecule has 2 aromatic carbocycles. The fourth-order valence-electron chi connectivity index (χ4n) is 2.83. The molecule has 0 aliphatic heterocycles. The van der Waals surface area contributed by atoms with Crippen molar-refractivity contribution >= 4 is 5.57 Å². The Hall–Kier alpha value is -2.08. The van der Waals surface area contributed by atoms with Crippen molar-refractivity contribution in [2.45, 2.75) is 19.3 Å². The average Bonchev–Trinajstić information content (AvgIpc) is 2.49. The third-order valence-electron chi connectivity index (χ3n) is 3.89. The van der Waals surface area contributed by atoms with Crippen LogP contribution in [0.15, 0.2) is 78.4 Å². The second-order valence-corrected chi connectivity index (χ2v) is 5.06. The topological polar surface area (TPSA) is 0 Å². The van der Waals surface area contributed by atoms with E-state index in [1.54, 1.807) is 0 Å². The van der Waals surface area contributed by atoms with E-state index in [2.05, 4.69) is 79.7 Å². The minimum absolute atomic E-state index is 0.515. The summed E-state index contributed by atoms with van der Waals surface area (Å²) < 4.78 is 0. The van der Waals surface area contributed by atoms with E-state index >= 15 is 0 Å². The zero-order valence-electron chi connectivity index (χ0n) is 11.2. The molecule has 0 saturated heterocycles. The first kappa shape index (κ1) is 12.0. The lowest BCUT2D eigenvalue weighted by Crippen LogP contribution is -2.05. The maximum atomic E-state index is 2.30. The van der Waals surface area contributed by atoms with Gasteiger partial charge in [-0.3, -0.25) is 0 Å². The smallest absolute Gasteiger partial charge is 0.00892 e. The summed E-state index contributed by atoms with van der Waals surface area (Å²) in [7, 11) is 0. The fraction of sp³-hybridized carbons (Fsp3) is 0.158. The van der Waals surface area contributed by atoms with Gasteiger partial charge in [-0.2, -0.15) is 0 Å². The Kier molecular flexibility index (Phi) is 3.33. The molecule has 2 aromatic rings. The minimum atomic E-state index is 0.515. The molecule has 1 aliphatic carbocycles. The summed E-state index contributed by atoms with van der Waals surface area (Å²) in [5.41, 5.74) is 5.58.